The first kappa shape index (κ1) is 32.9. The van der Waals surface area contributed by atoms with Crippen LogP contribution in [0.2, 0.25) is 0 Å². The molecule has 15 nitrogen and oxygen atoms in total. The number of nitrogen functional groups attached to an aromatic ring is 2. The standard InChI is InChI=1S/C29H28F2N8O7S/c1-3-44-28(41)17-12-37-29(38-25(17)34)47(42,43)15-5-7-20(16(11-15)26-35-8-9-39(26)2)45-23-18(30)13-36-27(22(23)31)46-21-10-14(24(32)33)4-6-19(21)40/h4-7,10-13,26,35,40H,3,8-9H2,1-2H3,(H3,32,33)(H2,34,37,38). The van der Waals surface area contributed by atoms with E-state index >= 15 is 4.39 Å². The number of nitrogens with two attached hydrogens (primary N) is 2. The van der Waals surface area contributed by atoms with Gasteiger partial charge in [-0.25, -0.2) is 32.6 Å². The Labute approximate surface area is 266 Å². The molecule has 7 N–H and O–H groups in total. The number of aromatic nitrogens is 3. The van der Waals surface area contributed by atoms with Crippen molar-refractivity contribution in [2.24, 2.45) is 5.73 Å². The average molecular weight is 671 g/mol. The molecule has 4 aromatic rings. The molecule has 0 radical (unpaired) electrons. The number of sulfone groups is 1. The van der Waals surface area contributed by atoms with Gasteiger partial charge in [0.15, 0.2) is 17.3 Å². The minimum atomic E-state index is -4.43. The molecule has 3 heterocycles. The minimum absolute atomic E-state index is 0.0549. The highest BCUT2D eigenvalue weighted by Crippen LogP contribution is 2.40. The first-order valence-corrected chi connectivity index (χ1v) is 15.3. The van der Waals surface area contributed by atoms with Crippen molar-refractivity contribution in [2.75, 3.05) is 32.5 Å². The normalized spacial score (nSPS) is 14.9. The van der Waals surface area contributed by atoms with Gasteiger partial charge in [0.1, 0.15) is 23.0 Å². The van der Waals surface area contributed by atoms with E-state index in [4.69, 9.17) is 31.1 Å². The van der Waals surface area contributed by atoms with Crippen LogP contribution in [0.3, 0.4) is 0 Å². The van der Waals surface area contributed by atoms with E-state index in [-0.39, 0.29) is 45.5 Å². The van der Waals surface area contributed by atoms with Crippen LogP contribution >= 0.6 is 0 Å². The maximum Gasteiger partial charge on any atom is 0.343 e. The van der Waals surface area contributed by atoms with E-state index in [1.807, 2.05) is 4.90 Å². The molecule has 2 aromatic carbocycles. The molecule has 1 unspecified atom stereocenters. The van der Waals surface area contributed by atoms with Crippen LogP contribution in [0.15, 0.2) is 58.8 Å². The number of phenols is 1. The zero-order valence-electron chi connectivity index (χ0n) is 24.8. The lowest BCUT2D eigenvalue weighted by Crippen LogP contribution is -2.24. The molecule has 0 aliphatic carbocycles. The van der Waals surface area contributed by atoms with Gasteiger partial charge in [-0.15, -0.1) is 0 Å². The number of carbonyl (C=O) groups excluding carboxylic acids is 1. The number of phenolic OH excluding ortho intramolecular Hbond substituents is 1. The lowest BCUT2D eigenvalue weighted by atomic mass is 10.1. The molecule has 0 amide bonds. The number of anilines is 1. The van der Waals surface area contributed by atoms with Gasteiger partial charge in [0.2, 0.25) is 21.4 Å². The second-order valence-corrected chi connectivity index (χ2v) is 11.9. The van der Waals surface area contributed by atoms with E-state index in [1.165, 1.54) is 30.3 Å². The Hall–Kier alpha value is -5.46. The summed E-state index contributed by atoms with van der Waals surface area (Å²) in [5.41, 5.74) is 11.4. The van der Waals surface area contributed by atoms with Crippen LogP contribution in [0.25, 0.3) is 0 Å². The maximum absolute atomic E-state index is 15.7. The zero-order valence-corrected chi connectivity index (χ0v) is 25.6. The summed E-state index contributed by atoms with van der Waals surface area (Å²) < 4.78 is 73.8. The molecule has 18 heteroatoms. The topological polar surface area (TPSA) is 229 Å². The predicted octanol–water partition coefficient (Wildman–Crippen LogP) is 2.85. The number of hydrogen-bond acceptors (Lipinski definition) is 14. The van der Waals surface area contributed by atoms with Crippen molar-refractivity contribution in [3.05, 3.63) is 77.1 Å². The van der Waals surface area contributed by atoms with E-state index < -0.39 is 62.0 Å². The quantitative estimate of drug-likeness (QED) is 0.0707. The Morgan fingerprint density at radius 1 is 1.15 bits per heavy atom. The molecule has 1 aliphatic rings. The lowest BCUT2D eigenvalue weighted by Gasteiger charge is -2.23. The smallest absolute Gasteiger partial charge is 0.343 e. The molecule has 0 spiro atoms. The predicted molar refractivity (Wildman–Crippen MR) is 161 cm³/mol. The molecular formula is C29H28F2N8O7S. The van der Waals surface area contributed by atoms with Gasteiger partial charge in [-0.05, 0) is 50.4 Å². The Bertz CT molecular complexity index is 2000. The van der Waals surface area contributed by atoms with Crippen LogP contribution in [-0.2, 0) is 14.6 Å². The third kappa shape index (κ3) is 6.60. The third-order valence-corrected chi connectivity index (χ3v) is 8.50. The molecule has 1 atom stereocenters. The van der Waals surface area contributed by atoms with Crippen LogP contribution in [0.5, 0.6) is 28.9 Å². The second kappa shape index (κ2) is 13.1. The van der Waals surface area contributed by atoms with Crippen molar-refractivity contribution in [2.45, 2.75) is 23.1 Å². The van der Waals surface area contributed by atoms with Gasteiger partial charge in [0.25, 0.3) is 11.0 Å². The molecule has 1 fully saturated rings. The van der Waals surface area contributed by atoms with Gasteiger partial charge in [-0.2, -0.15) is 4.39 Å². The lowest BCUT2D eigenvalue weighted by molar-refractivity contribution is 0.0526. The number of esters is 1. The van der Waals surface area contributed by atoms with Gasteiger partial charge in [-0.1, -0.05) is 0 Å². The third-order valence-electron chi connectivity index (χ3n) is 6.95. The molecule has 5 rings (SSSR count). The first-order chi connectivity index (χ1) is 22.3. The summed E-state index contributed by atoms with van der Waals surface area (Å²) in [5.74, 6) is -6.73. The Kier molecular flexibility index (Phi) is 9.18. The summed E-state index contributed by atoms with van der Waals surface area (Å²) in [6, 6.07) is 7.25. The zero-order chi connectivity index (χ0) is 34.0. The number of carbonyl (C=O) groups is 1. The largest absolute Gasteiger partial charge is 0.504 e. The number of benzene rings is 2. The van der Waals surface area contributed by atoms with Gasteiger partial charge < -0.3 is 30.8 Å². The SMILES string of the molecule is CCOC(=O)c1cnc(S(=O)(=O)c2ccc(Oc3c(F)cnc(Oc4cc(C(=N)N)ccc4O)c3F)c(C3NCCN3C)c2)nc1N. The highest BCUT2D eigenvalue weighted by molar-refractivity contribution is 7.91. The van der Waals surface area contributed by atoms with Crippen molar-refractivity contribution < 1.29 is 41.3 Å². The fourth-order valence-electron chi connectivity index (χ4n) is 4.56. The van der Waals surface area contributed by atoms with Gasteiger partial charge in [-0.3, -0.25) is 15.6 Å². The van der Waals surface area contributed by atoms with Crippen molar-refractivity contribution in [1.29, 1.82) is 5.41 Å². The summed E-state index contributed by atoms with van der Waals surface area (Å²) in [4.78, 5) is 24.8. The Morgan fingerprint density at radius 3 is 2.57 bits per heavy atom. The van der Waals surface area contributed by atoms with Gasteiger partial charge in [0, 0.05) is 30.4 Å². The van der Waals surface area contributed by atoms with E-state index in [0.29, 0.717) is 19.3 Å². The molecule has 1 aliphatic heterocycles. The Balaban J connectivity index is 1.53. The molecule has 0 bridgehead atoms. The number of nitrogens with zero attached hydrogens (tertiary/aromatic N) is 4. The highest BCUT2D eigenvalue weighted by Gasteiger charge is 2.31. The van der Waals surface area contributed by atoms with Crippen LogP contribution in [0.1, 0.15) is 34.6 Å². The number of rotatable bonds is 10. The first-order valence-electron chi connectivity index (χ1n) is 13.8. The number of amidine groups is 1. The van der Waals surface area contributed by atoms with Crippen molar-refractivity contribution in [3.63, 3.8) is 0 Å². The van der Waals surface area contributed by atoms with Crippen LogP contribution in [0, 0.1) is 17.0 Å². The van der Waals surface area contributed by atoms with E-state index in [0.717, 1.165) is 12.3 Å². The molecule has 246 valence electrons. The highest BCUT2D eigenvalue weighted by atomic mass is 32.2. The van der Waals surface area contributed by atoms with Crippen LogP contribution in [0.4, 0.5) is 14.6 Å². The Morgan fingerprint density at radius 2 is 1.91 bits per heavy atom. The molecule has 2 aromatic heterocycles. The second-order valence-electron chi connectivity index (χ2n) is 10.1. The van der Waals surface area contributed by atoms with E-state index in [9.17, 15) is 22.7 Å². The number of nitrogens with one attached hydrogen (secondary N) is 2. The summed E-state index contributed by atoms with van der Waals surface area (Å²) in [6.07, 6.45) is 0.940. The number of ether oxygens (including phenoxy) is 3. The fourth-order valence-corrected chi connectivity index (χ4v) is 5.71. The molecular weight excluding hydrogens is 642 g/mol. The van der Waals surface area contributed by atoms with Crippen molar-refractivity contribution in [3.8, 4) is 28.9 Å². The fraction of sp³-hybridized carbons (Fsp3) is 0.207. The summed E-state index contributed by atoms with van der Waals surface area (Å²) >= 11 is 0. The minimum Gasteiger partial charge on any atom is -0.504 e. The molecule has 0 saturated carbocycles. The number of aromatic hydroxyl groups is 1. The summed E-state index contributed by atoms with van der Waals surface area (Å²) in [5, 5.41) is 20.2. The number of halogens is 2. The van der Waals surface area contributed by atoms with Crippen molar-refractivity contribution >= 4 is 27.5 Å². The monoisotopic (exact) mass is 670 g/mol. The van der Waals surface area contributed by atoms with Crippen molar-refractivity contribution in [1.82, 2.24) is 25.2 Å². The van der Waals surface area contributed by atoms with Crippen LogP contribution in [-0.4, -0.2) is 71.9 Å². The van der Waals surface area contributed by atoms with Gasteiger partial charge in [0.05, 0.1) is 23.9 Å². The number of pyridine rings is 1. The average Bonchev–Trinajstić information content (AvgIpc) is 3.46. The summed E-state index contributed by atoms with van der Waals surface area (Å²) in [7, 11) is -2.68. The number of likely N-dealkylation sites (N-methyl/N-ethyl adjacent to an activating group) is 1. The molecule has 1 saturated heterocycles. The van der Waals surface area contributed by atoms with E-state index in [2.05, 4.69) is 20.3 Å². The number of hydrogen-bond donors (Lipinski definition) is 5. The van der Waals surface area contributed by atoms with E-state index in [1.54, 1.807) is 14.0 Å². The summed E-state index contributed by atoms with van der Waals surface area (Å²) in [6.45, 7) is 2.70. The molecule has 47 heavy (non-hydrogen) atoms. The van der Waals surface area contributed by atoms with Gasteiger partial charge >= 0.3 is 5.97 Å². The van der Waals surface area contributed by atoms with Crippen LogP contribution < -0.4 is 26.3 Å². The maximum atomic E-state index is 15.7.